The van der Waals surface area contributed by atoms with Crippen LogP contribution in [0.15, 0.2) is 27.7 Å². The zero-order valence-corrected chi connectivity index (χ0v) is 10.7. The van der Waals surface area contributed by atoms with Crippen LogP contribution in [0.4, 0.5) is 0 Å². The highest BCUT2D eigenvalue weighted by molar-refractivity contribution is 9.11. The lowest BCUT2D eigenvalue weighted by Crippen LogP contribution is -2.07. The highest BCUT2D eigenvalue weighted by Gasteiger charge is 2.14. The summed E-state index contributed by atoms with van der Waals surface area (Å²) in [7, 11) is 3.55. The molecule has 0 spiro atoms. The monoisotopic (exact) mass is 284 g/mol. The Labute approximate surface area is 101 Å². The first-order valence-electron chi connectivity index (χ1n) is 4.13. The van der Waals surface area contributed by atoms with E-state index in [9.17, 15) is 4.79 Å². The third-order valence-electron chi connectivity index (χ3n) is 1.55. The largest absolute Gasteiger partial charge is 0.382 e. The molecule has 0 fully saturated rings. The van der Waals surface area contributed by atoms with Crippen LogP contribution in [0.5, 0.6) is 0 Å². The van der Waals surface area contributed by atoms with E-state index in [1.165, 1.54) is 17.5 Å². The van der Waals surface area contributed by atoms with Gasteiger partial charge in [-0.15, -0.1) is 11.3 Å². The van der Waals surface area contributed by atoms with Crippen LogP contribution in [0.25, 0.3) is 0 Å². The molecule has 15 heavy (non-hydrogen) atoms. The second-order valence-corrected chi connectivity index (χ2v) is 5.51. The maximum atomic E-state index is 11.8. The molecule has 1 rings (SSSR count). The van der Waals surface area contributed by atoms with Gasteiger partial charge in [-0.3, -0.25) is 4.79 Å². The van der Waals surface area contributed by atoms with Crippen molar-refractivity contribution in [1.82, 2.24) is 4.90 Å². The van der Waals surface area contributed by atoms with Crippen LogP contribution in [0.1, 0.15) is 9.67 Å². The van der Waals surface area contributed by atoms with Crippen molar-refractivity contribution in [2.24, 2.45) is 0 Å². The topological polar surface area (TPSA) is 44.1 Å². The molecular weight excluding hydrogens is 276 g/mol. The van der Waals surface area contributed by atoms with Crippen molar-refractivity contribution in [3.63, 3.8) is 0 Å². The van der Waals surface area contributed by atoms with Gasteiger partial charge >= 0.3 is 0 Å². The second-order valence-electron chi connectivity index (χ2n) is 3.05. The molecule has 0 unspecified atom stereocenters. The number of nitriles is 1. The van der Waals surface area contributed by atoms with Crippen molar-refractivity contribution in [1.29, 1.82) is 5.26 Å². The van der Waals surface area contributed by atoms with Crippen LogP contribution in [-0.2, 0) is 0 Å². The summed E-state index contributed by atoms with van der Waals surface area (Å²) in [4.78, 5) is 14.0. The number of allylic oxidation sites excluding steroid dienone is 1. The summed E-state index contributed by atoms with van der Waals surface area (Å²) in [5.41, 5.74) is 0.148. The Kier molecular flexibility index (Phi) is 4.06. The molecule has 0 saturated carbocycles. The average molecular weight is 285 g/mol. The van der Waals surface area contributed by atoms with Gasteiger partial charge in [-0.1, -0.05) is 0 Å². The van der Waals surface area contributed by atoms with E-state index in [4.69, 9.17) is 5.26 Å². The lowest BCUT2D eigenvalue weighted by atomic mass is 10.2. The van der Waals surface area contributed by atoms with Crippen LogP contribution in [-0.4, -0.2) is 24.8 Å². The molecule has 0 amide bonds. The van der Waals surface area contributed by atoms with Crippen LogP contribution in [0.3, 0.4) is 0 Å². The van der Waals surface area contributed by atoms with Crippen molar-refractivity contribution in [3.8, 4) is 6.07 Å². The number of ketones is 1. The highest BCUT2D eigenvalue weighted by atomic mass is 79.9. The predicted octanol–water partition coefficient (Wildman–Crippen LogP) is 2.66. The Hall–Kier alpha value is -1.12. The molecule has 0 bridgehead atoms. The Balaban J connectivity index is 2.99. The molecule has 5 heteroatoms. The Morgan fingerprint density at radius 3 is 2.67 bits per heavy atom. The van der Waals surface area contributed by atoms with Gasteiger partial charge in [0.25, 0.3) is 0 Å². The van der Waals surface area contributed by atoms with Gasteiger partial charge in [0.05, 0.1) is 8.66 Å². The molecule has 1 aromatic rings. The van der Waals surface area contributed by atoms with Gasteiger partial charge in [0.15, 0.2) is 0 Å². The molecule has 0 aliphatic rings. The number of nitrogens with zero attached hydrogens (tertiary/aromatic N) is 2. The summed E-state index contributed by atoms with van der Waals surface area (Å²) in [5, 5.41) is 8.84. The number of rotatable bonds is 3. The normalized spacial score (nSPS) is 10.9. The quantitative estimate of drug-likeness (QED) is 0.487. The van der Waals surface area contributed by atoms with Gasteiger partial charge < -0.3 is 4.90 Å². The first-order chi connectivity index (χ1) is 7.04. The van der Waals surface area contributed by atoms with Gasteiger partial charge in [0, 0.05) is 20.3 Å². The SMILES string of the molecule is CN(C)/C=C(\C#N)C(=O)c1ccc(Br)s1. The molecule has 3 nitrogen and oxygen atoms in total. The summed E-state index contributed by atoms with van der Waals surface area (Å²) in [6, 6.07) is 5.40. The molecule has 0 atom stereocenters. The van der Waals surface area contributed by atoms with E-state index in [1.54, 1.807) is 31.1 Å². The smallest absolute Gasteiger partial charge is 0.214 e. The summed E-state index contributed by atoms with van der Waals surface area (Å²) >= 11 is 4.60. The van der Waals surface area contributed by atoms with Crippen molar-refractivity contribution >= 4 is 33.0 Å². The summed E-state index contributed by atoms with van der Waals surface area (Å²) < 4.78 is 0.882. The van der Waals surface area contributed by atoms with E-state index in [-0.39, 0.29) is 11.4 Å². The summed E-state index contributed by atoms with van der Waals surface area (Å²) in [6.45, 7) is 0. The van der Waals surface area contributed by atoms with Gasteiger partial charge in [-0.2, -0.15) is 5.26 Å². The third kappa shape index (κ3) is 3.18. The molecule has 0 N–H and O–H groups in total. The number of Topliss-reactive ketones (excluding diaryl/α,β-unsaturated/α-hetero) is 1. The van der Waals surface area contributed by atoms with E-state index in [0.717, 1.165) is 3.79 Å². The number of carbonyl (C=O) groups is 1. The number of hydrogen-bond acceptors (Lipinski definition) is 4. The van der Waals surface area contributed by atoms with E-state index in [1.807, 2.05) is 6.07 Å². The molecule has 0 aliphatic heterocycles. The molecule has 0 aromatic carbocycles. The fraction of sp³-hybridized carbons (Fsp3) is 0.200. The predicted molar refractivity (Wildman–Crippen MR) is 63.7 cm³/mol. The number of thiophene rings is 1. The van der Waals surface area contributed by atoms with Crippen molar-refractivity contribution < 1.29 is 4.79 Å². The van der Waals surface area contributed by atoms with Crippen LogP contribution >= 0.6 is 27.3 Å². The number of hydrogen-bond donors (Lipinski definition) is 0. The summed E-state index contributed by atoms with van der Waals surface area (Å²) in [5.74, 6) is -0.234. The molecule has 0 saturated heterocycles. The first kappa shape index (κ1) is 12.0. The standard InChI is InChI=1S/C10H9BrN2OS/c1-13(2)6-7(5-12)10(14)8-3-4-9(11)15-8/h3-4,6H,1-2H3/b7-6+. The molecule has 1 heterocycles. The lowest BCUT2D eigenvalue weighted by Gasteiger charge is -2.04. The molecule has 78 valence electrons. The average Bonchev–Trinajstić information content (AvgIpc) is 2.60. The van der Waals surface area contributed by atoms with E-state index in [2.05, 4.69) is 15.9 Å². The minimum atomic E-state index is -0.234. The van der Waals surface area contributed by atoms with Crippen LogP contribution in [0, 0.1) is 11.3 Å². The van der Waals surface area contributed by atoms with Crippen molar-refractivity contribution in [2.75, 3.05) is 14.1 Å². The molecule has 1 aromatic heterocycles. The number of carbonyl (C=O) groups excluding carboxylic acids is 1. The van der Waals surface area contributed by atoms with Gasteiger partial charge in [0.1, 0.15) is 11.6 Å². The van der Waals surface area contributed by atoms with Crippen molar-refractivity contribution in [3.05, 3.63) is 32.6 Å². The maximum absolute atomic E-state index is 11.8. The minimum absolute atomic E-state index is 0.148. The fourth-order valence-corrected chi connectivity index (χ4v) is 2.31. The Bertz CT molecular complexity index is 443. The molecule has 0 aliphatic carbocycles. The Morgan fingerprint density at radius 2 is 2.27 bits per heavy atom. The fourth-order valence-electron chi connectivity index (χ4n) is 0.966. The zero-order valence-electron chi connectivity index (χ0n) is 8.32. The van der Waals surface area contributed by atoms with Gasteiger partial charge in [0.2, 0.25) is 5.78 Å². The van der Waals surface area contributed by atoms with Crippen LogP contribution in [0.2, 0.25) is 0 Å². The van der Waals surface area contributed by atoms with E-state index >= 15 is 0 Å². The number of halogens is 1. The lowest BCUT2D eigenvalue weighted by molar-refractivity contribution is 0.104. The maximum Gasteiger partial charge on any atom is 0.214 e. The third-order valence-corrected chi connectivity index (χ3v) is 3.17. The molecular formula is C10H9BrN2OS. The van der Waals surface area contributed by atoms with E-state index < -0.39 is 0 Å². The van der Waals surface area contributed by atoms with Crippen LogP contribution < -0.4 is 0 Å². The second kappa shape index (κ2) is 5.10. The first-order valence-corrected chi connectivity index (χ1v) is 5.74. The van der Waals surface area contributed by atoms with Gasteiger partial charge in [-0.05, 0) is 28.1 Å². The van der Waals surface area contributed by atoms with Gasteiger partial charge in [-0.25, -0.2) is 0 Å². The van der Waals surface area contributed by atoms with E-state index in [0.29, 0.717) is 4.88 Å². The minimum Gasteiger partial charge on any atom is -0.382 e. The summed E-state index contributed by atoms with van der Waals surface area (Å²) in [6.07, 6.45) is 1.52. The Morgan fingerprint density at radius 1 is 1.60 bits per heavy atom. The van der Waals surface area contributed by atoms with Crippen molar-refractivity contribution in [2.45, 2.75) is 0 Å². The zero-order chi connectivity index (χ0) is 11.4. The molecule has 0 radical (unpaired) electrons. The highest BCUT2D eigenvalue weighted by Crippen LogP contribution is 2.24.